The number of carbonyl (C=O) groups excluding carboxylic acids is 2. The second kappa shape index (κ2) is 6.81. The average Bonchev–Trinajstić information content (AvgIpc) is 2.79. The molecule has 0 aliphatic carbocycles. The molecule has 6 heteroatoms. The number of nitrogens with zero attached hydrogens (tertiary/aromatic N) is 2. The number of benzene rings is 1. The predicted octanol–water partition coefficient (Wildman–Crippen LogP) is 1.73. The maximum absolute atomic E-state index is 12.7. The van der Waals surface area contributed by atoms with Gasteiger partial charge in [0.25, 0.3) is 0 Å². The van der Waals surface area contributed by atoms with Crippen molar-refractivity contribution >= 4 is 23.2 Å². The summed E-state index contributed by atoms with van der Waals surface area (Å²) in [6.07, 6.45) is 1.29. The number of hydrogen-bond donors (Lipinski definition) is 1. The second-order valence-electron chi connectivity index (χ2n) is 5.99. The normalized spacial score (nSPS) is 12.6. The molecule has 0 fully saturated rings. The van der Waals surface area contributed by atoms with E-state index in [1.807, 2.05) is 18.2 Å². The molecule has 1 atom stereocenters. The Balaban J connectivity index is 2.67. The van der Waals surface area contributed by atoms with Crippen LogP contribution in [0.4, 0.5) is 0 Å². The van der Waals surface area contributed by atoms with E-state index in [9.17, 15) is 14.4 Å². The van der Waals surface area contributed by atoms with E-state index in [2.05, 4.69) is 19.2 Å². The summed E-state index contributed by atoms with van der Waals surface area (Å²) in [5.74, 6) is 0.0806. The molecule has 0 aliphatic heterocycles. The third-order valence-corrected chi connectivity index (χ3v) is 4.20. The number of hydrogen-bond acceptors (Lipinski definition) is 3. The maximum atomic E-state index is 12.7. The van der Waals surface area contributed by atoms with E-state index in [1.165, 1.54) is 11.6 Å². The number of rotatable bonds is 6. The van der Waals surface area contributed by atoms with E-state index in [0.717, 1.165) is 17.4 Å². The number of likely N-dealkylation sites (N-methyl/N-ethyl adjacent to an activating group) is 1. The molecule has 1 aromatic carbocycles. The first-order valence-electron chi connectivity index (χ1n) is 7.78. The number of aryl methyl sites for hydroxylation is 1. The van der Waals surface area contributed by atoms with Crippen LogP contribution < -0.4 is 11.0 Å². The fraction of sp³-hybridized carbons (Fsp3) is 0.471. The van der Waals surface area contributed by atoms with Gasteiger partial charge in [0, 0.05) is 20.5 Å². The van der Waals surface area contributed by atoms with E-state index in [1.54, 1.807) is 11.6 Å². The summed E-state index contributed by atoms with van der Waals surface area (Å²) >= 11 is 0. The Bertz CT molecular complexity index is 786. The first-order chi connectivity index (χ1) is 10.9. The quantitative estimate of drug-likeness (QED) is 0.825. The van der Waals surface area contributed by atoms with Crippen LogP contribution in [0.3, 0.4) is 0 Å². The van der Waals surface area contributed by atoms with Crippen LogP contribution in [-0.4, -0.2) is 28.4 Å². The molecular weight excluding hydrogens is 294 g/mol. The van der Waals surface area contributed by atoms with Gasteiger partial charge in [-0.1, -0.05) is 19.9 Å². The third kappa shape index (κ3) is 3.06. The third-order valence-electron chi connectivity index (χ3n) is 4.20. The van der Waals surface area contributed by atoms with Crippen molar-refractivity contribution in [1.82, 2.24) is 14.5 Å². The lowest BCUT2D eigenvalue weighted by Gasteiger charge is -2.16. The zero-order chi connectivity index (χ0) is 17.1. The molecule has 1 aromatic heterocycles. The molecule has 0 saturated carbocycles. The molecule has 2 rings (SSSR count). The molecule has 0 spiro atoms. The Labute approximate surface area is 135 Å². The highest BCUT2D eigenvalue weighted by atomic mass is 16.2. The zero-order valence-electron chi connectivity index (χ0n) is 14.0. The fourth-order valence-electron chi connectivity index (χ4n) is 2.81. The van der Waals surface area contributed by atoms with E-state index in [0.29, 0.717) is 17.9 Å². The summed E-state index contributed by atoms with van der Waals surface area (Å²) in [7, 11) is 3.23. The summed E-state index contributed by atoms with van der Waals surface area (Å²) in [6.45, 7) is 4.18. The standard InChI is InChI=1S/C17H23N3O3/c1-11(2)12-7-8-13-15(10-12)19(4)17(23)20(13)14(6-5-9-21)16(22)18-3/h7-11,14H,5-6H2,1-4H3,(H,18,22). The molecule has 1 N–H and O–H groups in total. The number of carbonyl (C=O) groups is 2. The summed E-state index contributed by atoms with van der Waals surface area (Å²) in [4.78, 5) is 35.6. The van der Waals surface area contributed by atoms with Crippen LogP contribution >= 0.6 is 0 Å². The molecule has 1 heterocycles. The van der Waals surface area contributed by atoms with E-state index in [4.69, 9.17) is 0 Å². The van der Waals surface area contributed by atoms with Crippen molar-refractivity contribution in [2.45, 2.75) is 38.6 Å². The first-order valence-corrected chi connectivity index (χ1v) is 7.78. The molecule has 0 bridgehead atoms. The molecule has 124 valence electrons. The lowest BCUT2D eigenvalue weighted by molar-refractivity contribution is -0.124. The largest absolute Gasteiger partial charge is 0.357 e. The summed E-state index contributed by atoms with van der Waals surface area (Å²) in [5, 5.41) is 2.58. The molecule has 0 radical (unpaired) electrons. The van der Waals surface area contributed by atoms with Crippen molar-refractivity contribution in [1.29, 1.82) is 0 Å². The monoisotopic (exact) mass is 317 g/mol. The number of amides is 1. The molecular formula is C17H23N3O3. The number of aldehydes is 1. The molecule has 23 heavy (non-hydrogen) atoms. The number of nitrogens with one attached hydrogen (secondary N) is 1. The van der Waals surface area contributed by atoms with Gasteiger partial charge in [-0.05, 0) is 30.0 Å². The number of fused-ring (bicyclic) bond motifs is 1. The smallest absolute Gasteiger partial charge is 0.329 e. The lowest BCUT2D eigenvalue weighted by Crippen LogP contribution is -2.36. The van der Waals surface area contributed by atoms with Gasteiger partial charge in [-0.15, -0.1) is 0 Å². The van der Waals surface area contributed by atoms with E-state index < -0.39 is 6.04 Å². The van der Waals surface area contributed by atoms with Gasteiger partial charge >= 0.3 is 5.69 Å². The van der Waals surface area contributed by atoms with Crippen molar-refractivity contribution in [2.24, 2.45) is 7.05 Å². The molecule has 0 saturated heterocycles. The molecule has 1 unspecified atom stereocenters. The van der Waals surface area contributed by atoms with Crippen LogP contribution in [0.1, 0.15) is 44.2 Å². The van der Waals surface area contributed by atoms with Crippen LogP contribution in [0.2, 0.25) is 0 Å². The van der Waals surface area contributed by atoms with Crippen LogP contribution in [0, 0.1) is 0 Å². The van der Waals surface area contributed by atoms with Gasteiger partial charge in [0.2, 0.25) is 5.91 Å². The Morgan fingerprint density at radius 3 is 2.57 bits per heavy atom. The van der Waals surface area contributed by atoms with E-state index in [-0.39, 0.29) is 18.0 Å². The van der Waals surface area contributed by atoms with Gasteiger partial charge in [0.05, 0.1) is 11.0 Å². The number of aromatic nitrogens is 2. The molecule has 2 aromatic rings. The highest BCUT2D eigenvalue weighted by Gasteiger charge is 2.24. The highest BCUT2D eigenvalue weighted by Crippen LogP contribution is 2.24. The van der Waals surface area contributed by atoms with Crippen LogP contribution in [0.5, 0.6) is 0 Å². The Morgan fingerprint density at radius 2 is 2.00 bits per heavy atom. The van der Waals surface area contributed by atoms with Gasteiger partial charge in [0.15, 0.2) is 0 Å². The second-order valence-corrected chi connectivity index (χ2v) is 5.99. The van der Waals surface area contributed by atoms with Gasteiger partial charge in [0.1, 0.15) is 12.3 Å². The van der Waals surface area contributed by atoms with Crippen molar-refractivity contribution in [2.75, 3.05) is 7.05 Å². The fourth-order valence-corrected chi connectivity index (χ4v) is 2.81. The van der Waals surface area contributed by atoms with Crippen LogP contribution in [-0.2, 0) is 16.6 Å². The van der Waals surface area contributed by atoms with Crippen LogP contribution in [0.15, 0.2) is 23.0 Å². The van der Waals surface area contributed by atoms with Gasteiger partial charge < -0.3 is 10.1 Å². The highest BCUT2D eigenvalue weighted by molar-refractivity contribution is 5.84. The number of imidazole rings is 1. The van der Waals surface area contributed by atoms with Crippen molar-refractivity contribution < 1.29 is 9.59 Å². The van der Waals surface area contributed by atoms with Crippen molar-refractivity contribution in [3.05, 3.63) is 34.2 Å². The van der Waals surface area contributed by atoms with E-state index >= 15 is 0 Å². The average molecular weight is 317 g/mol. The summed E-state index contributed by atoms with van der Waals surface area (Å²) < 4.78 is 3.04. The molecule has 1 amide bonds. The van der Waals surface area contributed by atoms with Crippen molar-refractivity contribution in [3.8, 4) is 0 Å². The minimum atomic E-state index is -0.689. The Hall–Kier alpha value is -2.37. The van der Waals surface area contributed by atoms with Gasteiger partial charge in [-0.25, -0.2) is 4.79 Å². The zero-order valence-corrected chi connectivity index (χ0v) is 14.0. The first kappa shape index (κ1) is 17.0. The van der Waals surface area contributed by atoms with Crippen molar-refractivity contribution in [3.63, 3.8) is 0 Å². The maximum Gasteiger partial charge on any atom is 0.329 e. The van der Waals surface area contributed by atoms with Crippen LogP contribution in [0.25, 0.3) is 11.0 Å². The van der Waals surface area contributed by atoms with Gasteiger partial charge in [-0.3, -0.25) is 13.9 Å². The minimum absolute atomic E-state index is 0.227. The Kier molecular flexibility index (Phi) is 5.03. The SMILES string of the molecule is CNC(=O)C(CCC=O)n1c(=O)n(C)c2cc(C(C)C)ccc21. The minimum Gasteiger partial charge on any atom is -0.357 e. The Morgan fingerprint density at radius 1 is 1.30 bits per heavy atom. The topological polar surface area (TPSA) is 73.1 Å². The predicted molar refractivity (Wildman–Crippen MR) is 89.7 cm³/mol. The molecule has 6 nitrogen and oxygen atoms in total. The summed E-state index contributed by atoms with van der Waals surface area (Å²) in [6, 6.07) is 5.15. The lowest BCUT2D eigenvalue weighted by atomic mass is 10.0. The summed E-state index contributed by atoms with van der Waals surface area (Å²) in [5.41, 5.74) is 2.39. The molecule has 0 aliphatic rings. The van der Waals surface area contributed by atoms with Gasteiger partial charge in [-0.2, -0.15) is 0 Å².